The Morgan fingerprint density at radius 3 is 2.60 bits per heavy atom. The van der Waals surface area contributed by atoms with Crippen molar-refractivity contribution in [3.63, 3.8) is 0 Å². The maximum Gasteiger partial charge on any atom is 0.367 e. The van der Waals surface area contributed by atoms with Gasteiger partial charge < -0.3 is 10.1 Å². The number of hydrogen-bond acceptors (Lipinski definition) is 3. The summed E-state index contributed by atoms with van der Waals surface area (Å²) < 4.78 is 5.25. The van der Waals surface area contributed by atoms with E-state index in [1.165, 1.54) is 6.92 Å². The fraction of sp³-hybridized carbons (Fsp3) is 0.200. The van der Waals surface area contributed by atoms with Gasteiger partial charge in [0, 0.05) is 12.6 Å². The molecule has 1 aromatic rings. The van der Waals surface area contributed by atoms with Gasteiger partial charge in [-0.3, -0.25) is 9.69 Å². The van der Waals surface area contributed by atoms with Crippen LogP contribution in [0.5, 0.6) is 5.75 Å². The van der Waals surface area contributed by atoms with E-state index in [4.69, 9.17) is 4.74 Å². The number of hydrogen-bond donors (Lipinski definition) is 2. The summed E-state index contributed by atoms with van der Waals surface area (Å²) in [6, 6.07) is 6.70. The van der Waals surface area contributed by atoms with E-state index >= 15 is 0 Å². The van der Waals surface area contributed by atoms with E-state index < -0.39 is 0 Å². The van der Waals surface area contributed by atoms with Gasteiger partial charge in [0.2, 0.25) is 5.91 Å². The third kappa shape index (κ3) is 4.37. The number of ether oxygens (including phenoxy) is 1. The van der Waals surface area contributed by atoms with Crippen molar-refractivity contribution in [2.24, 2.45) is 0 Å². The van der Waals surface area contributed by atoms with E-state index in [1.54, 1.807) is 24.3 Å². The first-order valence-corrected chi connectivity index (χ1v) is 6.40. The lowest BCUT2D eigenvalue weighted by atomic mass is 10.3. The van der Waals surface area contributed by atoms with Crippen molar-refractivity contribution in [3.05, 3.63) is 48.7 Å². The van der Waals surface area contributed by atoms with Crippen molar-refractivity contribution in [2.75, 3.05) is 18.4 Å². The van der Waals surface area contributed by atoms with Gasteiger partial charge in [0.15, 0.2) is 6.54 Å². The van der Waals surface area contributed by atoms with Crippen LogP contribution >= 0.6 is 0 Å². The lowest BCUT2D eigenvalue weighted by Crippen LogP contribution is -3.08. The lowest BCUT2D eigenvalue weighted by Gasteiger charge is -2.13. The van der Waals surface area contributed by atoms with Crippen LogP contribution in [0.3, 0.4) is 0 Å². The molecule has 0 saturated heterocycles. The molecule has 1 atom stereocenters. The highest BCUT2D eigenvalue weighted by atomic mass is 16.5. The highest BCUT2D eigenvalue weighted by Crippen LogP contribution is 2.15. The molecule has 0 bridgehead atoms. The third-order valence-electron chi connectivity index (χ3n) is 2.74. The van der Waals surface area contributed by atoms with Crippen molar-refractivity contribution in [2.45, 2.75) is 6.92 Å². The van der Waals surface area contributed by atoms with Gasteiger partial charge in [-0.05, 0) is 36.4 Å². The minimum absolute atomic E-state index is 0.136. The molecule has 1 unspecified atom stereocenters. The van der Waals surface area contributed by atoms with E-state index in [9.17, 15) is 9.59 Å². The van der Waals surface area contributed by atoms with Gasteiger partial charge >= 0.3 is 5.97 Å². The molecule has 2 N–H and O–H groups in total. The maximum atomic E-state index is 11.8. The van der Waals surface area contributed by atoms with Gasteiger partial charge in [-0.15, -0.1) is 0 Å². The fourth-order valence-corrected chi connectivity index (χ4v) is 1.85. The Labute approximate surface area is 117 Å². The van der Waals surface area contributed by atoms with Gasteiger partial charge in [-0.25, -0.2) is 4.79 Å². The molecule has 0 aliphatic carbocycles. The van der Waals surface area contributed by atoms with Crippen LogP contribution in [-0.2, 0) is 9.59 Å². The zero-order chi connectivity index (χ0) is 14.4. The highest BCUT2D eigenvalue weighted by molar-refractivity contribution is 5.88. The molecule has 5 heteroatoms. The number of carbonyl (C=O) groups is 2. The topological polar surface area (TPSA) is 59.8 Å². The highest BCUT2D eigenvalue weighted by Gasteiger charge is 2.14. The SMILES string of the molecule is CC(=O)Nc1ccc(OC(=O)C[NH+]2C=CC=CC2)cc1. The van der Waals surface area contributed by atoms with E-state index in [2.05, 4.69) is 5.32 Å². The molecule has 0 saturated carbocycles. The maximum absolute atomic E-state index is 11.8. The molecule has 1 amide bonds. The summed E-state index contributed by atoms with van der Waals surface area (Å²) >= 11 is 0. The van der Waals surface area contributed by atoms with E-state index in [1.807, 2.05) is 24.4 Å². The third-order valence-corrected chi connectivity index (χ3v) is 2.74. The lowest BCUT2D eigenvalue weighted by molar-refractivity contribution is -0.832. The van der Waals surface area contributed by atoms with E-state index in [0.717, 1.165) is 11.4 Å². The molecule has 0 radical (unpaired) electrons. The summed E-state index contributed by atoms with van der Waals surface area (Å²) in [4.78, 5) is 23.7. The van der Waals surface area contributed by atoms with Crippen molar-refractivity contribution >= 4 is 17.6 Å². The standard InChI is InChI=1S/C15H16N2O3/c1-12(18)16-13-5-7-14(8-6-13)20-15(19)11-17-9-3-2-4-10-17/h2-9H,10-11H2,1H3,(H,16,18)/p+1. The van der Waals surface area contributed by atoms with Crippen molar-refractivity contribution in [1.82, 2.24) is 0 Å². The normalized spacial score (nSPS) is 16.8. The summed E-state index contributed by atoms with van der Waals surface area (Å²) in [7, 11) is 0. The van der Waals surface area contributed by atoms with Crippen LogP contribution in [0.4, 0.5) is 5.69 Å². The van der Waals surface area contributed by atoms with Gasteiger partial charge in [-0.2, -0.15) is 0 Å². The van der Waals surface area contributed by atoms with Crippen molar-refractivity contribution in [1.29, 1.82) is 0 Å². The zero-order valence-corrected chi connectivity index (χ0v) is 11.3. The largest absolute Gasteiger partial charge is 0.422 e. The number of nitrogens with one attached hydrogen (secondary N) is 2. The first-order valence-electron chi connectivity index (χ1n) is 6.40. The molecule has 0 aromatic heterocycles. The molecule has 20 heavy (non-hydrogen) atoms. The van der Waals surface area contributed by atoms with E-state index in [0.29, 0.717) is 11.4 Å². The summed E-state index contributed by atoms with van der Waals surface area (Å²) in [5.41, 5.74) is 0.673. The molecule has 1 aromatic carbocycles. The Hall–Kier alpha value is -2.40. The van der Waals surface area contributed by atoms with Crippen LogP contribution in [-0.4, -0.2) is 25.0 Å². The van der Waals surface area contributed by atoms with Crippen molar-refractivity contribution in [3.8, 4) is 5.75 Å². The van der Waals surface area contributed by atoms with Crippen LogP contribution in [0.2, 0.25) is 0 Å². The molecule has 0 fully saturated rings. The number of rotatable bonds is 4. The Kier molecular flexibility index (Phi) is 4.68. The van der Waals surface area contributed by atoms with Crippen molar-refractivity contribution < 1.29 is 19.2 Å². The second kappa shape index (κ2) is 6.68. The minimum atomic E-state index is -0.285. The Bertz CT molecular complexity index is 547. The summed E-state index contributed by atoms with van der Waals surface area (Å²) in [6.45, 7) is 2.51. The molecule has 2 rings (SSSR count). The Balaban J connectivity index is 1.86. The van der Waals surface area contributed by atoms with Gasteiger partial charge in [0.25, 0.3) is 0 Å². The Morgan fingerprint density at radius 2 is 2.00 bits per heavy atom. The summed E-state index contributed by atoms with van der Waals surface area (Å²) in [5.74, 6) is 0.0514. The second-order valence-electron chi connectivity index (χ2n) is 4.51. The second-order valence-corrected chi connectivity index (χ2v) is 4.51. The number of esters is 1. The van der Waals surface area contributed by atoms with Gasteiger partial charge in [0.05, 0.1) is 6.20 Å². The molecule has 1 aliphatic rings. The monoisotopic (exact) mass is 273 g/mol. The first kappa shape index (κ1) is 14.0. The number of carbonyl (C=O) groups excluding carboxylic acids is 2. The van der Waals surface area contributed by atoms with Crippen LogP contribution < -0.4 is 15.0 Å². The van der Waals surface area contributed by atoms with Crippen LogP contribution in [0.25, 0.3) is 0 Å². The van der Waals surface area contributed by atoms with Crippen LogP contribution in [0.15, 0.2) is 48.7 Å². The van der Waals surface area contributed by atoms with Crippen LogP contribution in [0, 0.1) is 0 Å². The van der Waals surface area contributed by atoms with Gasteiger partial charge in [-0.1, -0.05) is 6.08 Å². The molecule has 5 nitrogen and oxygen atoms in total. The molecule has 104 valence electrons. The predicted molar refractivity (Wildman–Crippen MR) is 75.4 cm³/mol. The number of benzene rings is 1. The fourth-order valence-electron chi connectivity index (χ4n) is 1.85. The quantitative estimate of drug-likeness (QED) is 0.621. The van der Waals surface area contributed by atoms with Gasteiger partial charge in [0.1, 0.15) is 12.3 Å². The molecule has 0 spiro atoms. The first-order chi connectivity index (χ1) is 9.63. The molecular formula is C15H17N2O3+. The minimum Gasteiger partial charge on any atom is -0.422 e. The average molecular weight is 273 g/mol. The number of amides is 1. The smallest absolute Gasteiger partial charge is 0.367 e. The molecule has 1 heterocycles. The molecule has 1 aliphatic heterocycles. The van der Waals surface area contributed by atoms with Crippen LogP contribution in [0.1, 0.15) is 6.92 Å². The molecular weight excluding hydrogens is 256 g/mol. The summed E-state index contributed by atoms with van der Waals surface area (Å²) in [6.07, 6.45) is 7.80. The zero-order valence-electron chi connectivity index (χ0n) is 11.3. The average Bonchev–Trinajstić information content (AvgIpc) is 2.41. The number of quaternary nitrogens is 1. The Morgan fingerprint density at radius 1 is 1.25 bits per heavy atom. The number of allylic oxidation sites excluding steroid dienone is 2. The number of anilines is 1. The van der Waals surface area contributed by atoms with E-state index in [-0.39, 0.29) is 18.4 Å². The predicted octanol–water partition coefficient (Wildman–Crippen LogP) is 0.519. The summed E-state index contributed by atoms with van der Waals surface area (Å²) in [5, 5.41) is 2.65.